The third-order valence-electron chi connectivity index (χ3n) is 3.60. The molecule has 0 unspecified atom stereocenters. The average molecular weight is 324 g/mol. The number of nitrogens with zero attached hydrogens (tertiary/aromatic N) is 2. The molecule has 2 rings (SSSR count). The van der Waals surface area contributed by atoms with Crippen molar-refractivity contribution < 1.29 is 0 Å². The second kappa shape index (κ2) is 5.63. The highest BCUT2D eigenvalue weighted by Gasteiger charge is 2.22. The summed E-state index contributed by atoms with van der Waals surface area (Å²) in [7, 11) is 0. The summed E-state index contributed by atoms with van der Waals surface area (Å²) in [4.78, 5) is 6.84. The van der Waals surface area contributed by atoms with Crippen molar-refractivity contribution in [3.63, 3.8) is 0 Å². The van der Waals surface area contributed by atoms with Crippen molar-refractivity contribution in [3.8, 4) is 0 Å². The van der Waals surface area contributed by atoms with Crippen molar-refractivity contribution in [2.75, 3.05) is 18.0 Å². The van der Waals surface area contributed by atoms with Gasteiger partial charge in [0, 0.05) is 35.9 Å². The van der Waals surface area contributed by atoms with Crippen molar-refractivity contribution >= 4 is 21.7 Å². The lowest BCUT2D eigenvalue weighted by atomic mass is 9.83. The fourth-order valence-electron chi connectivity index (χ4n) is 2.45. The van der Waals surface area contributed by atoms with Crippen LogP contribution in [0.2, 0.25) is 0 Å². The number of hydrogen-bond acceptors (Lipinski definition) is 3. The number of pyridine rings is 1. The molecule has 1 aromatic rings. The molecule has 0 saturated carbocycles. The molecule has 1 aliphatic rings. The molecule has 19 heavy (non-hydrogen) atoms. The predicted molar refractivity (Wildman–Crippen MR) is 84.2 cm³/mol. The maximum absolute atomic E-state index is 5.82. The molecular weight excluding hydrogens is 302 g/mol. The maximum Gasteiger partial charge on any atom is 0.133 e. The molecule has 2 N–H and O–H groups in total. The van der Waals surface area contributed by atoms with Crippen LogP contribution in [0.1, 0.15) is 32.8 Å². The van der Waals surface area contributed by atoms with Gasteiger partial charge in [0.05, 0.1) is 0 Å². The SMILES string of the molecule is CC(C)(C)C1=CCN(c2ncc(Br)cc2CN)CC1. The van der Waals surface area contributed by atoms with Gasteiger partial charge in [-0.2, -0.15) is 0 Å². The molecule has 0 amide bonds. The second-order valence-electron chi connectivity index (χ2n) is 6.02. The van der Waals surface area contributed by atoms with Crippen LogP contribution in [0.4, 0.5) is 5.82 Å². The molecule has 0 saturated heterocycles. The smallest absolute Gasteiger partial charge is 0.133 e. The summed E-state index contributed by atoms with van der Waals surface area (Å²) < 4.78 is 0.986. The van der Waals surface area contributed by atoms with Crippen LogP contribution in [0.15, 0.2) is 28.4 Å². The Labute approximate surface area is 124 Å². The lowest BCUT2D eigenvalue weighted by molar-refractivity contribution is 0.472. The quantitative estimate of drug-likeness (QED) is 0.847. The third kappa shape index (κ3) is 3.37. The molecule has 0 aliphatic carbocycles. The molecule has 1 aliphatic heterocycles. The van der Waals surface area contributed by atoms with Gasteiger partial charge in [0.15, 0.2) is 0 Å². The minimum Gasteiger partial charge on any atom is -0.352 e. The van der Waals surface area contributed by atoms with E-state index < -0.39 is 0 Å². The number of aromatic nitrogens is 1. The fraction of sp³-hybridized carbons (Fsp3) is 0.533. The third-order valence-corrected chi connectivity index (χ3v) is 4.04. The second-order valence-corrected chi connectivity index (χ2v) is 6.93. The number of rotatable bonds is 2. The summed E-state index contributed by atoms with van der Waals surface area (Å²) in [6.07, 6.45) is 5.29. The van der Waals surface area contributed by atoms with E-state index in [2.05, 4.69) is 58.7 Å². The molecule has 0 radical (unpaired) electrons. The Morgan fingerprint density at radius 1 is 1.42 bits per heavy atom. The van der Waals surface area contributed by atoms with Crippen molar-refractivity contribution in [2.24, 2.45) is 11.1 Å². The molecule has 1 aromatic heterocycles. The minimum absolute atomic E-state index is 0.274. The van der Waals surface area contributed by atoms with Gasteiger partial charge < -0.3 is 10.6 Å². The number of nitrogens with two attached hydrogens (primary N) is 1. The van der Waals surface area contributed by atoms with E-state index in [-0.39, 0.29) is 5.41 Å². The van der Waals surface area contributed by atoms with Crippen molar-refractivity contribution in [1.29, 1.82) is 0 Å². The van der Waals surface area contributed by atoms with Gasteiger partial charge in [-0.05, 0) is 33.8 Å². The standard InChI is InChI=1S/C15H22BrN3/c1-15(2,3)12-4-6-19(7-5-12)14-11(9-17)8-13(16)10-18-14/h4,8,10H,5-7,9,17H2,1-3H3. The zero-order valence-electron chi connectivity index (χ0n) is 11.9. The highest BCUT2D eigenvalue weighted by atomic mass is 79.9. The molecule has 4 heteroatoms. The van der Waals surface area contributed by atoms with E-state index in [1.54, 1.807) is 0 Å². The van der Waals surface area contributed by atoms with Crippen LogP contribution in [-0.4, -0.2) is 18.1 Å². The highest BCUT2D eigenvalue weighted by molar-refractivity contribution is 9.10. The molecule has 0 spiro atoms. The van der Waals surface area contributed by atoms with Gasteiger partial charge in [0.25, 0.3) is 0 Å². The Kier molecular flexibility index (Phi) is 4.31. The summed E-state index contributed by atoms with van der Waals surface area (Å²) in [5.74, 6) is 1.02. The summed E-state index contributed by atoms with van der Waals surface area (Å²) in [6, 6.07) is 2.06. The first-order valence-corrected chi connectivity index (χ1v) is 7.50. The van der Waals surface area contributed by atoms with Crippen LogP contribution in [0.25, 0.3) is 0 Å². The fourth-order valence-corrected chi connectivity index (χ4v) is 2.83. The maximum atomic E-state index is 5.82. The number of halogens is 1. The van der Waals surface area contributed by atoms with Gasteiger partial charge in [-0.25, -0.2) is 4.98 Å². The molecule has 0 atom stereocenters. The first-order valence-electron chi connectivity index (χ1n) is 6.71. The summed E-state index contributed by atoms with van der Waals surface area (Å²) in [6.45, 7) is 9.29. The largest absolute Gasteiger partial charge is 0.352 e. The predicted octanol–water partition coefficient (Wildman–Crippen LogP) is 3.49. The van der Waals surface area contributed by atoms with Crippen LogP contribution in [0, 0.1) is 5.41 Å². The first kappa shape index (κ1) is 14.5. The lowest BCUT2D eigenvalue weighted by Crippen LogP contribution is -2.32. The van der Waals surface area contributed by atoms with E-state index >= 15 is 0 Å². The van der Waals surface area contributed by atoms with E-state index in [1.165, 1.54) is 5.57 Å². The Bertz CT molecular complexity index is 489. The Morgan fingerprint density at radius 2 is 2.16 bits per heavy atom. The molecule has 0 aromatic carbocycles. The van der Waals surface area contributed by atoms with Crippen LogP contribution in [0.3, 0.4) is 0 Å². The average Bonchev–Trinajstić information content (AvgIpc) is 2.37. The van der Waals surface area contributed by atoms with Crippen LogP contribution < -0.4 is 10.6 Å². The Morgan fingerprint density at radius 3 is 2.68 bits per heavy atom. The van der Waals surface area contributed by atoms with Crippen LogP contribution in [-0.2, 0) is 6.54 Å². The molecule has 0 fully saturated rings. The van der Waals surface area contributed by atoms with E-state index in [0.29, 0.717) is 6.54 Å². The summed E-state index contributed by atoms with van der Waals surface area (Å²) in [5.41, 5.74) is 8.73. The highest BCUT2D eigenvalue weighted by Crippen LogP contribution is 2.32. The van der Waals surface area contributed by atoms with Crippen molar-refractivity contribution in [2.45, 2.75) is 33.7 Å². The van der Waals surface area contributed by atoms with Crippen molar-refractivity contribution in [1.82, 2.24) is 4.98 Å². The van der Waals surface area contributed by atoms with Gasteiger partial charge in [0.2, 0.25) is 0 Å². The topological polar surface area (TPSA) is 42.2 Å². The zero-order chi connectivity index (χ0) is 14.0. The first-order chi connectivity index (χ1) is 8.91. The molecular formula is C15H22BrN3. The summed E-state index contributed by atoms with van der Waals surface area (Å²) in [5, 5.41) is 0. The van der Waals surface area contributed by atoms with Gasteiger partial charge in [-0.3, -0.25) is 0 Å². The van der Waals surface area contributed by atoms with Gasteiger partial charge in [-0.1, -0.05) is 32.4 Å². The zero-order valence-corrected chi connectivity index (χ0v) is 13.5. The molecule has 2 heterocycles. The number of anilines is 1. The van der Waals surface area contributed by atoms with Gasteiger partial charge in [0.1, 0.15) is 5.82 Å². The van der Waals surface area contributed by atoms with E-state index in [9.17, 15) is 0 Å². The molecule has 3 nitrogen and oxygen atoms in total. The Hall–Kier alpha value is -0.870. The summed E-state index contributed by atoms with van der Waals surface area (Å²) >= 11 is 3.45. The normalized spacial score (nSPS) is 16.5. The monoisotopic (exact) mass is 323 g/mol. The molecule has 0 bridgehead atoms. The molecule has 104 valence electrons. The van der Waals surface area contributed by atoms with Crippen molar-refractivity contribution in [3.05, 3.63) is 33.9 Å². The van der Waals surface area contributed by atoms with E-state index in [0.717, 1.165) is 35.4 Å². The lowest BCUT2D eigenvalue weighted by Gasteiger charge is -2.33. The Balaban J connectivity index is 2.20. The minimum atomic E-state index is 0.274. The van der Waals surface area contributed by atoms with E-state index in [4.69, 9.17) is 5.73 Å². The van der Waals surface area contributed by atoms with E-state index in [1.807, 2.05) is 6.20 Å². The van der Waals surface area contributed by atoms with Crippen LogP contribution in [0.5, 0.6) is 0 Å². The van der Waals surface area contributed by atoms with Gasteiger partial charge in [-0.15, -0.1) is 0 Å². The number of hydrogen-bond donors (Lipinski definition) is 1. The van der Waals surface area contributed by atoms with Crippen LogP contribution >= 0.6 is 15.9 Å². The van der Waals surface area contributed by atoms with Gasteiger partial charge >= 0.3 is 0 Å².